The number of nitro benzene ring substituents is 1. The predicted octanol–water partition coefficient (Wildman–Crippen LogP) is 6.57. The Bertz CT molecular complexity index is 2100. The number of aromatic nitrogens is 1. The maximum atomic E-state index is 14.0. The number of hydrogen-bond donors (Lipinski definition) is 0. The first-order valence-corrected chi connectivity index (χ1v) is 15.4. The van der Waals surface area contributed by atoms with Crippen molar-refractivity contribution in [3.8, 4) is 5.75 Å². The molecule has 2 aliphatic rings. The normalized spacial score (nSPS) is 15.7. The molecule has 0 radical (unpaired) electrons. The number of non-ortho nitro benzene ring substituents is 1. The quantitative estimate of drug-likeness (QED) is 0.154. The number of nitro groups is 1. The van der Waals surface area contributed by atoms with Gasteiger partial charge in [0.05, 0.1) is 25.7 Å². The number of benzene rings is 4. The Labute approximate surface area is 259 Å². The number of nitrogens with zero attached hydrogens (tertiary/aromatic N) is 3. The average Bonchev–Trinajstić information content (AvgIpc) is 3.34. The summed E-state index contributed by atoms with van der Waals surface area (Å²) < 4.78 is 9.16. The molecule has 5 aromatic rings. The average molecular weight is 651 g/mol. The summed E-state index contributed by atoms with van der Waals surface area (Å²) >= 11 is 5.00. The molecule has 0 unspecified atom stereocenters. The number of hydrogen-bond acceptors (Lipinski definition) is 6. The van der Waals surface area contributed by atoms with E-state index >= 15 is 0 Å². The Kier molecular flexibility index (Phi) is 7.12. The van der Waals surface area contributed by atoms with Crippen LogP contribution < -0.4 is 19.6 Å². The molecule has 9 heteroatoms. The molecular formula is C34H24BrN3O4S. The van der Waals surface area contributed by atoms with Crippen molar-refractivity contribution >= 4 is 44.7 Å². The molecule has 0 saturated carbocycles. The van der Waals surface area contributed by atoms with Gasteiger partial charge in [0, 0.05) is 17.7 Å². The molecule has 2 heterocycles. The van der Waals surface area contributed by atoms with E-state index in [0.29, 0.717) is 15.1 Å². The van der Waals surface area contributed by atoms with Crippen molar-refractivity contribution < 1.29 is 9.66 Å². The van der Waals surface area contributed by atoms with Crippen molar-refractivity contribution in [1.29, 1.82) is 0 Å². The van der Waals surface area contributed by atoms with Gasteiger partial charge in [-0.1, -0.05) is 72.0 Å². The van der Waals surface area contributed by atoms with E-state index < -0.39 is 4.92 Å². The molecule has 0 amide bonds. The van der Waals surface area contributed by atoms with Crippen LogP contribution in [0.5, 0.6) is 5.75 Å². The summed E-state index contributed by atoms with van der Waals surface area (Å²) in [7, 11) is 0. The molecule has 7 nitrogen and oxygen atoms in total. The Hall–Kier alpha value is -4.60. The van der Waals surface area contributed by atoms with Gasteiger partial charge in [0.15, 0.2) is 4.80 Å². The van der Waals surface area contributed by atoms with Gasteiger partial charge in [0.2, 0.25) is 0 Å². The van der Waals surface area contributed by atoms with Gasteiger partial charge in [0.25, 0.3) is 11.2 Å². The molecule has 0 saturated heterocycles. The molecule has 4 aromatic carbocycles. The monoisotopic (exact) mass is 649 g/mol. The summed E-state index contributed by atoms with van der Waals surface area (Å²) in [5.41, 5.74) is 7.34. The highest BCUT2D eigenvalue weighted by Crippen LogP contribution is 2.41. The summed E-state index contributed by atoms with van der Waals surface area (Å²) in [5.74, 6) is 0.632. The first-order chi connectivity index (χ1) is 21.0. The number of allylic oxidation sites excluding steroid dienone is 1. The van der Waals surface area contributed by atoms with E-state index in [1.165, 1.54) is 34.6 Å². The van der Waals surface area contributed by atoms with Gasteiger partial charge < -0.3 is 4.74 Å². The van der Waals surface area contributed by atoms with Gasteiger partial charge in [-0.3, -0.25) is 19.5 Å². The van der Waals surface area contributed by atoms with Crippen LogP contribution in [0, 0.1) is 10.1 Å². The van der Waals surface area contributed by atoms with E-state index in [4.69, 9.17) is 9.73 Å². The minimum Gasteiger partial charge on any atom is -0.488 e. The molecule has 1 aromatic heterocycles. The summed E-state index contributed by atoms with van der Waals surface area (Å²) in [6.07, 6.45) is 3.67. The molecular weight excluding hydrogens is 626 g/mol. The number of thiazole rings is 1. The fraction of sp³-hybridized carbons (Fsp3) is 0.118. The molecule has 1 aliphatic carbocycles. The van der Waals surface area contributed by atoms with Crippen molar-refractivity contribution in [3.05, 3.63) is 165 Å². The van der Waals surface area contributed by atoms with Crippen LogP contribution in [-0.4, -0.2) is 9.49 Å². The zero-order valence-electron chi connectivity index (χ0n) is 22.8. The standard InChI is InChI=1S/C34H24BrN3O4S/c35-28-18-22(12-17-29(28)42-20-21-10-14-25(15-11-21)38(40)41)19-30-33(39)37-32(24-7-2-1-3-8-24)27-16-13-23-6-4-5-9-26(23)31(27)36-34(37)43-30/h1-12,14-15,17-19,32H,13,16,20H2/b30-19-/t32-/m0/s1. The van der Waals surface area contributed by atoms with Gasteiger partial charge in [0.1, 0.15) is 12.4 Å². The van der Waals surface area contributed by atoms with Gasteiger partial charge in [-0.15, -0.1) is 0 Å². The lowest BCUT2D eigenvalue weighted by Crippen LogP contribution is -2.38. The molecule has 0 spiro atoms. The SMILES string of the molecule is O=c1/c(=C/c2ccc(OCc3ccc([N+](=O)[O-])cc3)c(Br)c2)sc2n1[C@@H](c1ccccc1)C1=C(N=2)c2ccccc2CC1. The summed E-state index contributed by atoms with van der Waals surface area (Å²) in [6.45, 7) is 0.266. The fourth-order valence-electron chi connectivity index (χ4n) is 5.71. The lowest BCUT2D eigenvalue weighted by atomic mass is 9.83. The van der Waals surface area contributed by atoms with Crippen LogP contribution >= 0.6 is 27.3 Å². The molecule has 0 N–H and O–H groups in total. The zero-order chi connectivity index (χ0) is 29.5. The van der Waals surface area contributed by atoms with Crippen LogP contribution in [0.3, 0.4) is 0 Å². The molecule has 1 atom stereocenters. The third-order valence-corrected chi connectivity index (χ3v) is 9.39. The van der Waals surface area contributed by atoms with Crippen LogP contribution in [0.25, 0.3) is 11.8 Å². The topological polar surface area (TPSA) is 86.7 Å². The van der Waals surface area contributed by atoms with Crippen molar-refractivity contribution in [2.24, 2.45) is 4.99 Å². The van der Waals surface area contributed by atoms with Crippen molar-refractivity contribution in [1.82, 2.24) is 4.57 Å². The van der Waals surface area contributed by atoms with E-state index in [2.05, 4.69) is 46.3 Å². The van der Waals surface area contributed by atoms with Crippen LogP contribution in [0.2, 0.25) is 0 Å². The highest BCUT2D eigenvalue weighted by molar-refractivity contribution is 9.10. The molecule has 0 fully saturated rings. The highest BCUT2D eigenvalue weighted by Gasteiger charge is 2.32. The van der Waals surface area contributed by atoms with Crippen molar-refractivity contribution in [3.63, 3.8) is 0 Å². The minimum atomic E-state index is -0.425. The Morgan fingerprint density at radius 1 is 1.00 bits per heavy atom. The molecule has 212 valence electrons. The van der Waals surface area contributed by atoms with Gasteiger partial charge in [-0.2, -0.15) is 0 Å². The minimum absolute atomic E-state index is 0.0413. The lowest BCUT2D eigenvalue weighted by molar-refractivity contribution is -0.384. The highest BCUT2D eigenvalue weighted by atomic mass is 79.9. The van der Waals surface area contributed by atoms with Crippen molar-refractivity contribution in [2.75, 3.05) is 0 Å². The summed E-state index contributed by atoms with van der Waals surface area (Å²) in [6, 6.07) is 30.4. The second-order valence-electron chi connectivity index (χ2n) is 10.4. The number of halogens is 1. The van der Waals surface area contributed by atoms with Crippen LogP contribution in [-0.2, 0) is 13.0 Å². The van der Waals surface area contributed by atoms with Crippen LogP contribution in [0.1, 0.15) is 40.3 Å². The summed E-state index contributed by atoms with van der Waals surface area (Å²) in [5, 5.41) is 10.9. The number of ether oxygens (including phenoxy) is 1. The van der Waals surface area contributed by atoms with E-state index in [1.54, 1.807) is 12.1 Å². The third-order valence-electron chi connectivity index (χ3n) is 7.78. The Balaban J connectivity index is 1.24. The summed E-state index contributed by atoms with van der Waals surface area (Å²) in [4.78, 5) is 30.2. The smallest absolute Gasteiger partial charge is 0.271 e. The maximum Gasteiger partial charge on any atom is 0.271 e. The second-order valence-corrected chi connectivity index (χ2v) is 12.3. The maximum absolute atomic E-state index is 14.0. The Morgan fingerprint density at radius 2 is 1.77 bits per heavy atom. The van der Waals surface area contributed by atoms with Crippen LogP contribution in [0.4, 0.5) is 5.69 Å². The molecule has 43 heavy (non-hydrogen) atoms. The van der Waals surface area contributed by atoms with Gasteiger partial charge in [-0.05, 0) is 86.9 Å². The Morgan fingerprint density at radius 3 is 2.53 bits per heavy atom. The van der Waals surface area contributed by atoms with E-state index in [-0.39, 0.29) is 23.9 Å². The van der Waals surface area contributed by atoms with E-state index in [1.807, 2.05) is 53.1 Å². The van der Waals surface area contributed by atoms with Crippen LogP contribution in [0.15, 0.2) is 117 Å². The first-order valence-electron chi connectivity index (χ1n) is 13.8. The number of rotatable bonds is 6. The largest absolute Gasteiger partial charge is 0.488 e. The fourth-order valence-corrected chi connectivity index (χ4v) is 7.22. The first kappa shape index (κ1) is 27.2. The molecule has 1 aliphatic heterocycles. The van der Waals surface area contributed by atoms with E-state index in [9.17, 15) is 14.9 Å². The molecule has 0 bridgehead atoms. The second kappa shape index (κ2) is 11.2. The van der Waals surface area contributed by atoms with Gasteiger partial charge >= 0.3 is 0 Å². The number of fused-ring (bicyclic) bond motifs is 3. The van der Waals surface area contributed by atoms with Crippen molar-refractivity contribution in [2.45, 2.75) is 25.5 Å². The predicted molar refractivity (Wildman–Crippen MR) is 171 cm³/mol. The lowest BCUT2D eigenvalue weighted by Gasteiger charge is -2.30. The molecule has 7 rings (SSSR count). The van der Waals surface area contributed by atoms with E-state index in [0.717, 1.165) is 45.3 Å². The van der Waals surface area contributed by atoms with Gasteiger partial charge in [-0.25, -0.2) is 4.99 Å². The third kappa shape index (κ3) is 5.15. The zero-order valence-corrected chi connectivity index (χ0v) is 25.2. The number of aryl methyl sites for hydroxylation is 1.